The molecule has 4 aromatic carbocycles. The lowest BCUT2D eigenvalue weighted by atomic mass is 10.1. The zero-order valence-corrected chi connectivity index (χ0v) is 24.0. The summed E-state index contributed by atoms with van der Waals surface area (Å²) in [7, 11) is 0. The van der Waals surface area contributed by atoms with Crippen LogP contribution < -0.4 is 22.3 Å². The van der Waals surface area contributed by atoms with E-state index in [-0.39, 0.29) is 24.9 Å². The van der Waals surface area contributed by atoms with Crippen molar-refractivity contribution in [2.75, 3.05) is 23.9 Å². The summed E-state index contributed by atoms with van der Waals surface area (Å²) in [5.74, 6) is 1.98. The fourth-order valence-corrected chi connectivity index (χ4v) is 5.22. The number of amides is 2. The summed E-state index contributed by atoms with van der Waals surface area (Å²) in [5, 5.41) is 0. The quantitative estimate of drug-likeness (QED) is 0.198. The van der Waals surface area contributed by atoms with Crippen LogP contribution in [0.1, 0.15) is 0 Å². The lowest BCUT2D eigenvalue weighted by Gasteiger charge is -2.10. The smallest absolute Gasteiger partial charge is 0.252 e. The van der Waals surface area contributed by atoms with Crippen LogP contribution in [-0.2, 0) is 9.59 Å². The molecular formula is C34H28N8O3. The van der Waals surface area contributed by atoms with Gasteiger partial charge in [0, 0.05) is 22.3 Å². The van der Waals surface area contributed by atoms with E-state index in [9.17, 15) is 9.59 Å². The number of nitrogens with zero attached hydrogens (tertiary/aromatic N) is 4. The maximum atomic E-state index is 12.1. The molecule has 45 heavy (non-hydrogen) atoms. The van der Waals surface area contributed by atoms with Gasteiger partial charge in [-0.15, -0.1) is 0 Å². The van der Waals surface area contributed by atoms with Crippen molar-refractivity contribution in [3.05, 3.63) is 109 Å². The Morgan fingerprint density at radius 3 is 1.33 bits per heavy atom. The predicted molar refractivity (Wildman–Crippen MR) is 174 cm³/mol. The number of imidazole rings is 2. The van der Waals surface area contributed by atoms with Gasteiger partial charge in [0.05, 0.1) is 35.2 Å². The van der Waals surface area contributed by atoms with Gasteiger partial charge >= 0.3 is 0 Å². The molecular weight excluding hydrogens is 568 g/mol. The Bertz CT molecular complexity index is 2020. The van der Waals surface area contributed by atoms with Crippen LogP contribution in [0.25, 0.3) is 67.5 Å². The molecule has 0 saturated heterocycles. The molecule has 7 aromatic rings. The number of carbonyl (C=O) groups is 2. The maximum absolute atomic E-state index is 12.1. The van der Waals surface area contributed by atoms with Gasteiger partial charge in [0.1, 0.15) is 11.5 Å². The van der Waals surface area contributed by atoms with Crippen molar-refractivity contribution in [3.8, 4) is 45.4 Å². The normalized spacial score (nSPS) is 11.2. The van der Waals surface area contributed by atoms with Gasteiger partial charge in [-0.3, -0.25) is 20.4 Å². The summed E-state index contributed by atoms with van der Waals surface area (Å²) < 4.78 is 9.57. The average Bonchev–Trinajstić information content (AvgIpc) is 3.81. The molecule has 0 atom stereocenters. The van der Waals surface area contributed by atoms with Gasteiger partial charge in [-0.2, -0.15) is 0 Å². The van der Waals surface area contributed by atoms with Gasteiger partial charge in [-0.25, -0.2) is 19.3 Å². The molecule has 7 rings (SSSR count). The third-order valence-electron chi connectivity index (χ3n) is 7.43. The molecule has 0 fully saturated rings. The topological polar surface area (TPSA) is 159 Å². The van der Waals surface area contributed by atoms with E-state index in [2.05, 4.69) is 10.9 Å². The first-order valence-corrected chi connectivity index (χ1v) is 14.3. The van der Waals surface area contributed by atoms with E-state index in [0.29, 0.717) is 23.2 Å². The first kappa shape index (κ1) is 27.8. The van der Waals surface area contributed by atoms with Crippen molar-refractivity contribution in [3.63, 3.8) is 0 Å². The van der Waals surface area contributed by atoms with E-state index >= 15 is 0 Å². The monoisotopic (exact) mass is 596 g/mol. The standard InChI is InChI=1S/C34H28N8O3/c35-19-31(43)39-41-27-7-3-1-5-25(27)37-33(41)23-13-9-21(10-14-23)29-17-18-30(45-29)22-11-15-24(16-12-22)34-38-26-6-2-4-8-28(26)42(34)40-32(44)20-36/h1-18H,19-20,35-36H2,(H,39,43)(H,40,44). The van der Waals surface area contributed by atoms with Crippen LogP contribution in [0.5, 0.6) is 0 Å². The number of hydrogen-bond acceptors (Lipinski definition) is 7. The largest absolute Gasteiger partial charge is 0.456 e. The predicted octanol–water partition coefficient (Wildman–Crippen LogP) is 4.70. The van der Waals surface area contributed by atoms with Gasteiger partial charge < -0.3 is 15.9 Å². The minimum atomic E-state index is -0.316. The summed E-state index contributed by atoms with van der Waals surface area (Å²) in [6.07, 6.45) is 0. The molecule has 11 heteroatoms. The third kappa shape index (κ3) is 5.22. The van der Waals surface area contributed by atoms with E-state index in [4.69, 9.17) is 25.9 Å². The third-order valence-corrected chi connectivity index (χ3v) is 7.43. The Kier molecular flexibility index (Phi) is 7.14. The molecule has 0 saturated carbocycles. The first-order chi connectivity index (χ1) is 22.0. The molecule has 222 valence electrons. The van der Waals surface area contributed by atoms with Crippen LogP contribution in [0.15, 0.2) is 114 Å². The van der Waals surface area contributed by atoms with E-state index < -0.39 is 0 Å². The van der Waals surface area contributed by atoms with Crippen LogP contribution >= 0.6 is 0 Å². The highest BCUT2D eigenvalue weighted by Crippen LogP contribution is 2.32. The van der Waals surface area contributed by atoms with Crippen molar-refractivity contribution in [1.82, 2.24) is 19.3 Å². The molecule has 0 radical (unpaired) electrons. The van der Waals surface area contributed by atoms with E-state index in [1.807, 2.05) is 109 Å². The Labute approximate surface area is 257 Å². The summed E-state index contributed by atoms with van der Waals surface area (Å²) in [4.78, 5) is 33.7. The Morgan fingerprint density at radius 1 is 0.556 bits per heavy atom. The number of fused-ring (bicyclic) bond motifs is 2. The molecule has 0 unspecified atom stereocenters. The highest BCUT2D eigenvalue weighted by atomic mass is 16.3. The van der Waals surface area contributed by atoms with Crippen molar-refractivity contribution in [2.24, 2.45) is 11.5 Å². The van der Waals surface area contributed by atoms with Crippen LogP contribution in [-0.4, -0.2) is 44.2 Å². The summed E-state index contributed by atoms with van der Waals surface area (Å²) in [6.45, 7) is -0.272. The highest BCUT2D eigenvalue weighted by Gasteiger charge is 2.17. The molecule has 0 aliphatic carbocycles. The maximum Gasteiger partial charge on any atom is 0.252 e. The van der Waals surface area contributed by atoms with Crippen molar-refractivity contribution in [1.29, 1.82) is 0 Å². The minimum Gasteiger partial charge on any atom is -0.456 e. The lowest BCUT2D eigenvalue weighted by Crippen LogP contribution is -2.29. The SMILES string of the molecule is NCC(=O)Nn1c(-c2ccc(-c3ccc(-c4ccc(-c5nc6ccccc6n5NC(=O)CN)cc4)o3)cc2)nc2ccccc21. The number of rotatable bonds is 8. The van der Waals surface area contributed by atoms with Crippen LogP contribution in [0.3, 0.4) is 0 Å². The zero-order valence-electron chi connectivity index (χ0n) is 24.0. The summed E-state index contributed by atoms with van der Waals surface area (Å²) in [5.41, 5.74) is 23.2. The van der Waals surface area contributed by atoms with E-state index in [1.54, 1.807) is 9.35 Å². The van der Waals surface area contributed by atoms with E-state index in [0.717, 1.165) is 44.3 Å². The van der Waals surface area contributed by atoms with Crippen molar-refractivity contribution in [2.45, 2.75) is 0 Å². The number of carbonyl (C=O) groups excluding carboxylic acids is 2. The van der Waals surface area contributed by atoms with E-state index in [1.165, 1.54) is 0 Å². The number of nitrogens with two attached hydrogens (primary N) is 2. The molecule has 0 aliphatic rings. The van der Waals surface area contributed by atoms with Gasteiger partial charge in [-0.1, -0.05) is 72.8 Å². The van der Waals surface area contributed by atoms with Crippen LogP contribution in [0.2, 0.25) is 0 Å². The van der Waals surface area contributed by atoms with Crippen LogP contribution in [0.4, 0.5) is 0 Å². The number of furan rings is 1. The molecule has 6 N–H and O–H groups in total. The molecule has 11 nitrogen and oxygen atoms in total. The minimum absolute atomic E-state index is 0.136. The molecule has 0 bridgehead atoms. The molecule has 0 spiro atoms. The fraction of sp³-hybridized carbons (Fsp3) is 0.0588. The number of nitrogens with one attached hydrogen (secondary N) is 2. The zero-order chi connectivity index (χ0) is 30.9. The Morgan fingerprint density at radius 2 is 0.933 bits per heavy atom. The average molecular weight is 597 g/mol. The van der Waals surface area contributed by atoms with Gasteiger partial charge in [0.15, 0.2) is 11.6 Å². The van der Waals surface area contributed by atoms with Crippen LogP contribution in [0, 0.1) is 0 Å². The second kappa shape index (κ2) is 11.6. The van der Waals surface area contributed by atoms with Gasteiger partial charge in [0.2, 0.25) is 0 Å². The molecule has 3 aromatic heterocycles. The first-order valence-electron chi connectivity index (χ1n) is 14.3. The lowest BCUT2D eigenvalue weighted by molar-refractivity contribution is -0.116. The van der Waals surface area contributed by atoms with Crippen molar-refractivity contribution < 1.29 is 14.0 Å². The number of hydrogen-bond donors (Lipinski definition) is 4. The summed E-state index contributed by atoms with van der Waals surface area (Å²) >= 11 is 0. The molecule has 2 amide bonds. The molecule has 0 aliphatic heterocycles. The Balaban J connectivity index is 1.15. The highest BCUT2D eigenvalue weighted by molar-refractivity contribution is 5.91. The fourth-order valence-electron chi connectivity index (χ4n) is 5.22. The molecule has 3 heterocycles. The Hall–Kier alpha value is -6.04. The van der Waals surface area contributed by atoms with Gasteiger partial charge in [0.25, 0.3) is 11.8 Å². The van der Waals surface area contributed by atoms with Gasteiger partial charge in [-0.05, 0) is 36.4 Å². The number of para-hydroxylation sites is 4. The second-order valence-electron chi connectivity index (χ2n) is 10.3. The number of aromatic nitrogens is 4. The second-order valence-corrected chi connectivity index (χ2v) is 10.3. The number of benzene rings is 4. The summed E-state index contributed by atoms with van der Waals surface area (Å²) in [6, 6.07) is 34.6. The van der Waals surface area contributed by atoms with Crippen molar-refractivity contribution >= 4 is 33.9 Å².